The number of rotatable bonds is 4. The zero-order chi connectivity index (χ0) is 21.7. The van der Waals surface area contributed by atoms with Crippen LogP contribution in [-0.2, 0) is 19.7 Å². The van der Waals surface area contributed by atoms with Gasteiger partial charge in [0, 0.05) is 5.57 Å². The summed E-state index contributed by atoms with van der Waals surface area (Å²) in [5, 5.41) is 0. The fourth-order valence-corrected chi connectivity index (χ4v) is 5.88. The molecule has 0 bridgehead atoms. The molecule has 0 aliphatic heterocycles. The molecule has 0 radical (unpaired) electrons. The number of alkyl halides is 7. The largest absolute Gasteiger partial charge is 0.498 e. The van der Waals surface area contributed by atoms with Crippen LogP contribution in [0.15, 0.2) is 35.7 Å². The van der Waals surface area contributed by atoms with Crippen molar-refractivity contribution in [3.8, 4) is 0 Å². The van der Waals surface area contributed by atoms with Crippen LogP contribution in [0.3, 0.4) is 0 Å². The zero-order valence-corrected chi connectivity index (χ0v) is 13.9. The molecule has 16 heteroatoms. The van der Waals surface area contributed by atoms with E-state index in [-0.39, 0.29) is 6.08 Å². The minimum atomic E-state index is -7.52. The Hall–Kier alpha value is -1.58. The van der Waals surface area contributed by atoms with Crippen molar-refractivity contribution in [1.82, 2.24) is 0 Å². The highest BCUT2D eigenvalue weighted by Crippen LogP contribution is 2.48. The quantitative estimate of drug-likeness (QED) is 0.605. The van der Waals surface area contributed by atoms with E-state index < -0.39 is 70.4 Å². The van der Waals surface area contributed by atoms with Crippen LogP contribution in [-0.4, -0.2) is 38.6 Å². The summed E-state index contributed by atoms with van der Waals surface area (Å²) in [6.07, 6.45) is -3.91. The van der Waals surface area contributed by atoms with Crippen molar-refractivity contribution in [1.29, 1.82) is 0 Å². The van der Waals surface area contributed by atoms with Gasteiger partial charge in [-0.25, -0.2) is 34.4 Å². The van der Waals surface area contributed by atoms with Gasteiger partial charge in [0.2, 0.25) is 0 Å². The van der Waals surface area contributed by atoms with Crippen LogP contribution < -0.4 is 0 Å². The van der Waals surface area contributed by atoms with Crippen molar-refractivity contribution in [2.24, 2.45) is 5.92 Å². The lowest BCUT2D eigenvalue weighted by Crippen LogP contribution is -2.52. The van der Waals surface area contributed by atoms with Gasteiger partial charge in [0.05, 0.1) is 5.92 Å². The third-order valence-electron chi connectivity index (χ3n) is 3.31. The van der Waals surface area contributed by atoms with Crippen molar-refractivity contribution >= 4 is 19.7 Å². The second-order valence-electron chi connectivity index (χ2n) is 4.91. The van der Waals surface area contributed by atoms with Gasteiger partial charge in [-0.3, -0.25) is 0 Å². The molecule has 0 aromatic heterocycles. The molecule has 1 rings (SSSR count). The molecule has 0 aromatic rings. The Morgan fingerprint density at radius 1 is 0.852 bits per heavy atom. The maximum Gasteiger partial charge on any atom is 0.498 e. The van der Waals surface area contributed by atoms with Gasteiger partial charge in [-0.05, 0) is 0 Å². The first-order valence-corrected chi connectivity index (χ1v) is 9.25. The van der Waals surface area contributed by atoms with Gasteiger partial charge < -0.3 is 0 Å². The second kappa shape index (κ2) is 6.79. The van der Waals surface area contributed by atoms with E-state index in [1.54, 1.807) is 0 Å². The average molecular weight is 456 g/mol. The lowest BCUT2D eigenvalue weighted by atomic mass is 9.93. The van der Waals surface area contributed by atoms with Crippen molar-refractivity contribution < 1.29 is 60.7 Å². The highest BCUT2D eigenvalue weighted by atomic mass is 32.3. The van der Waals surface area contributed by atoms with Gasteiger partial charge >= 0.3 is 11.0 Å². The molecule has 0 fully saturated rings. The molecule has 1 aliphatic carbocycles. The van der Waals surface area contributed by atoms with Crippen LogP contribution in [0.25, 0.3) is 0 Å². The molecule has 0 spiro atoms. The van der Waals surface area contributed by atoms with Crippen LogP contribution >= 0.6 is 0 Å². The van der Waals surface area contributed by atoms with E-state index in [0.717, 1.165) is 0 Å². The number of hydrogen-bond acceptors (Lipinski definition) is 4. The van der Waals surface area contributed by atoms with E-state index in [4.69, 9.17) is 0 Å². The van der Waals surface area contributed by atoms with Crippen LogP contribution in [0.5, 0.6) is 0 Å². The SMILES string of the molecule is C=CC1=C(F)C(F)C(C(S(=O)(=O)C(F)(F)F)S(=O)(=O)C(F)(F)F)C(F)=C1F. The molecule has 4 nitrogen and oxygen atoms in total. The third kappa shape index (κ3) is 3.60. The predicted octanol–water partition coefficient (Wildman–Crippen LogP) is 3.71. The molecule has 156 valence electrons. The normalized spacial score (nSPS) is 23.2. The summed E-state index contributed by atoms with van der Waals surface area (Å²) in [5.74, 6) is -12.2. The van der Waals surface area contributed by atoms with Gasteiger partial charge in [0.25, 0.3) is 19.7 Å². The maximum absolute atomic E-state index is 14.0. The fourth-order valence-electron chi connectivity index (χ4n) is 2.08. The monoisotopic (exact) mass is 456 g/mol. The molecular formula is C11H6F10O4S2. The Morgan fingerprint density at radius 3 is 1.52 bits per heavy atom. The number of sulfone groups is 2. The lowest BCUT2D eigenvalue weighted by Gasteiger charge is -2.31. The molecule has 1 aliphatic rings. The Bertz CT molecular complexity index is 864. The number of allylic oxidation sites excluding steroid dienone is 5. The van der Waals surface area contributed by atoms with E-state index in [1.807, 2.05) is 0 Å². The minimum Gasteiger partial charge on any atom is -0.239 e. The van der Waals surface area contributed by atoms with Crippen LogP contribution in [0.1, 0.15) is 0 Å². The summed E-state index contributed by atoms with van der Waals surface area (Å²) in [7, 11) is -15.0. The molecule has 0 N–H and O–H groups in total. The Morgan fingerprint density at radius 2 is 1.22 bits per heavy atom. The Balaban J connectivity index is 3.96. The smallest absolute Gasteiger partial charge is 0.239 e. The minimum absolute atomic E-state index is 0.0958. The lowest BCUT2D eigenvalue weighted by molar-refractivity contribution is -0.0482. The first-order valence-electron chi connectivity index (χ1n) is 6.16. The van der Waals surface area contributed by atoms with Crippen LogP contribution in [0.2, 0.25) is 0 Å². The number of hydrogen-bond donors (Lipinski definition) is 0. The summed E-state index contributed by atoms with van der Waals surface area (Å²) >= 11 is 0. The summed E-state index contributed by atoms with van der Waals surface area (Å²) < 4.78 is 172. The van der Waals surface area contributed by atoms with E-state index in [1.165, 1.54) is 0 Å². The molecule has 0 aromatic carbocycles. The standard InChI is InChI=1S/C11H6F10O4S2/c1-2-3-5(12)7(14)4(8(15)6(3)13)9(26(22,23)10(16,17)18)27(24,25)11(19,20)21/h2,4,7,9H,1H2. The molecule has 0 saturated carbocycles. The topological polar surface area (TPSA) is 68.3 Å². The van der Waals surface area contributed by atoms with Crippen molar-refractivity contribution in [3.05, 3.63) is 35.7 Å². The van der Waals surface area contributed by atoms with E-state index in [0.29, 0.717) is 0 Å². The Kier molecular flexibility index (Phi) is 5.90. The molecule has 27 heavy (non-hydrogen) atoms. The first kappa shape index (κ1) is 23.5. The average Bonchev–Trinajstić information content (AvgIpc) is 2.47. The molecule has 2 unspecified atom stereocenters. The molecule has 2 atom stereocenters. The van der Waals surface area contributed by atoms with Crippen molar-refractivity contribution in [2.45, 2.75) is 21.8 Å². The summed E-state index contributed by atoms with van der Waals surface area (Å²) in [4.78, 5) is 0. The van der Waals surface area contributed by atoms with E-state index in [2.05, 4.69) is 6.58 Å². The zero-order valence-electron chi connectivity index (χ0n) is 12.2. The van der Waals surface area contributed by atoms with Crippen LogP contribution in [0.4, 0.5) is 43.9 Å². The van der Waals surface area contributed by atoms with E-state index in [9.17, 15) is 60.7 Å². The molecule has 0 saturated heterocycles. The predicted molar refractivity (Wildman–Crippen MR) is 69.7 cm³/mol. The first-order chi connectivity index (χ1) is 11.8. The van der Waals surface area contributed by atoms with Crippen molar-refractivity contribution in [2.75, 3.05) is 0 Å². The summed E-state index contributed by atoms with van der Waals surface area (Å²) in [6.45, 7) is 2.70. The molecule has 0 amide bonds. The summed E-state index contributed by atoms with van der Waals surface area (Å²) in [6, 6.07) is 0. The van der Waals surface area contributed by atoms with Gasteiger partial charge in [0.1, 0.15) is 11.7 Å². The molecular weight excluding hydrogens is 450 g/mol. The van der Waals surface area contributed by atoms with Crippen molar-refractivity contribution in [3.63, 3.8) is 0 Å². The highest BCUT2D eigenvalue weighted by Gasteiger charge is 2.68. The second-order valence-corrected chi connectivity index (χ2v) is 9.33. The third-order valence-corrected chi connectivity index (χ3v) is 7.93. The van der Waals surface area contributed by atoms with Crippen LogP contribution in [0, 0.1) is 5.92 Å². The highest BCUT2D eigenvalue weighted by molar-refractivity contribution is 8.09. The fraction of sp³-hybridized carbons (Fsp3) is 0.455. The number of halogens is 10. The van der Waals surface area contributed by atoms with Gasteiger partial charge in [0.15, 0.2) is 16.6 Å². The maximum atomic E-state index is 14.0. The Labute approximate surface area is 144 Å². The summed E-state index contributed by atoms with van der Waals surface area (Å²) in [5.41, 5.74) is -15.2. The van der Waals surface area contributed by atoms with Gasteiger partial charge in [-0.1, -0.05) is 12.7 Å². The van der Waals surface area contributed by atoms with Gasteiger partial charge in [-0.15, -0.1) is 0 Å². The van der Waals surface area contributed by atoms with E-state index >= 15 is 0 Å². The molecule has 0 heterocycles. The van der Waals surface area contributed by atoms with Gasteiger partial charge in [-0.2, -0.15) is 26.3 Å².